The van der Waals surface area contributed by atoms with Crippen LogP contribution >= 0.6 is 0 Å². The number of carbonyl (C=O) groups excluding carboxylic acids is 1. The van der Waals surface area contributed by atoms with Crippen molar-refractivity contribution in [3.05, 3.63) is 0 Å². The van der Waals surface area contributed by atoms with E-state index in [9.17, 15) is 4.79 Å². The number of hydrogen-bond donors (Lipinski definition) is 1. The lowest BCUT2D eigenvalue weighted by atomic mass is 9.91. The smallest absolute Gasteiger partial charge is 0.303 e. The highest BCUT2D eigenvalue weighted by molar-refractivity contribution is 5.66. The summed E-state index contributed by atoms with van der Waals surface area (Å²) < 4.78 is 23.1. The van der Waals surface area contributed by atoms with Gasteiger partial charge in [-0.15, -0.1) is 0 Å². The van der Waals surface area contributed by atoms with Crippen LogP contribution in [0.3, 0.4) is 0 Å². The number of hydrogen-bond acceptors (Lipinski definition) is 7. The van der Waals surface area contributed by atoms with Crippen molar-refractivity contribution in [2.24, 2.45) is 5.73 Å². The number of fused-ring (bicyclic) bond motifs is 1. The van der Waals surface area contributed by atoms with E-state index in [0.29, 0.717) is 6.54 Å². The largest absolute Gasteiger partial charge is 0.457 e. The van der Waals surface area contributed by atoms with Gasteiger partial charge in [-0.1, -0.05) is 0 Å². The molecule has 3 fully saturated rings. The van der Waals surface area contributed by atoms with Gasteiger partial charge in [0, 0.05) is 19.0 Å². The quantitative estimate of drug-likeness (QED) is 0.760. The van der Waals surface area contributed by atoms with E-state index >= 15 is 0 Å². The Bertz CT molecular complexity index is 457. The molecule has 7 nitrogen and oxygen atoms in total. The van der Waals surface area contributed by atoms with E-state index in [1.54, 1.807) is 0 Å². The van der Waals surface area contributed by atoms with E-state index in [1.807, 2.05) is 13.8 Å². The lowest BCUT2D eigenvalue weighted by Gasteiger charge is -2.38. The molecule has 3 rings (SSSR count). The molecule has 3 aliphatic rings. The van der Waals surface area contributed by atoms with Crippen LogP contribution in [0.2, 0.25) is 0 Å². The molecule has 4 atom stereocenters. The average Bonchev–Trinajstić information content (AvgIpc) is 2.86. The van der Waals surface area contributed by atoms with Gasteiger partial charge in [-0.3, -0.25) is 4.79 Å². The van der Waals surface area contributed by atoms with Crippen LogP contribution in [0.25, 0.3) is 0 Å². The van der Waals surface area contributed by atoms with Crippen molar-refractivity contribution >= 4 is 5.97 Å². The van der Waals surface area contributed by atoms with Crippen LogP contribution in [0.1, 0.15) is 40.5 Å². The van der Waals surface area contributed by atoms with Gasteiger partial charge in [-0.05, 0) is 46.7 Å². The van der Waals surface area contributed by atoms with Crippen molar-refractivity contribution in [1.29, 1.82) is 0 Å². The fourth-order valence-corrected chi connectivity index (χ4v) is 3.53. The summed E-state index contributed by atoms with van der Waals surface area (Å²) in [4.78, 5) is 13.8. The molecule has 0 amide bonds. The SMILES string of the molecule is CC(=O)O[C@@H]1[C@H]2OC(C)(C)O[C@H]2O[C@@H]1CN1CCC(C)(N)CC1. The predicted molar refractivity (Wildman–Crippen MR) is 82.5 cm³/mol. The Labute approximate surface area is 137 Å². The third kappa shape index (κ3) is 3.85. The molecule has 0 spiro atoms. The van der Waals surface area contributed by atoms with Crippen LogP contribution in [0.5, 0.6) is 0 Å². The van der Waals surface area contributed by atoms with Gasteiger partial charge in [-0.25, -0.2) is 0 Å². The van der Waals surface area contributed by atoms with Gasteiger partial charge in [0.15, 0.2) is 24.3 Å². The van der Waals surface area contributed by atoms with E-state index in [2.05, 4.69) is 11.8 Å². The van der Waals surface area contributed by atoms with Gasteiger partial charge in [0.25, 0.3) is 0 Å². The standard InChI is InChI=1S/C16H28N2O5/c1-10(19)20-12-11(9-18-7-5-16(4,17)6-8-18)21-14-13(12)22-15(2,3)23-14/h11-14H,5-9,17H2,1-4H3/t11-,12+,13-,14-/m1/s1. The van der Waals surface area contributed by atoms with Gasteiger partial charge in [0.1, 0.15) is 6.10 Å². The minimum absolute atomic E-state index is 0.0882. The highest BCUT2D eigenvalue weighted by Gasteiger charge is 2.56. The summed E-state index contributed by atoms with van der Waals surface area (Å²) in [5.74, 6) is -1.05. The first-order valence-corrected chi connectivity index (χ1v) is 8.35. The molecule has 0 aromatic rings. The number of rotatable bonds is 3. The number of piperidine rings is 1. The van der Waals surface area contributed by atoms with Crippen molar-refractivity contribution in [2.45, 2.75) is 76.5 Å². The maximum Gasteiger partial charge on any atom is 0.303 e. The highest BCUT2D eigenvalue weighted by atomic mass is 16.8. The van der Waals surface area contributed by atoms with Gasteiger partial charge < -0.3 is 29.6 Å². The number of likely N-dealkylation sites (tertiary alicyclic amines) is 1. The highest BCUT2D eigenvalue weighted by Crippen LogP contribution is 2.39. The monoisotopic (exact) mass is 328 g/mol. The van der Waals surface area contributed by atoms with Crippen molar-refractivity contribution in [3.8, 4) is 0 Å². The molecule has 0 radical (unpaired) electrons. The van der Waals surface area contributed by atoms with Gasteiger partial charge in [-0.2, -0.15) is 0 Å². The number of ether oxygens (including phenoxy) is 4. The Balaban J connectivity index is 1.64. The second-order valence-corrected chi connectivity index (χ2v) is 7.67. The zero-order chi connectivity index (χ0) is 16.8. The van der Waals surface area contributed by atoms with Crippen LogP contribution in [0.15, 0.2) is 0 Å². The van der Waals surface area contributed by atoms with Gasteiger partial charge in [0.2, 0.25) is 0 Å². The maximum atomic E-state index is 11.5. The predicted octanol–water partition coefficient (Wildman–Crippen LogP) is 0.608. The van der Waals surface area contributed by atoms with Crippen LogP contribution in [0.4, 0.5) is 0 Å². The third-order valence-electron chi connectivity index (χ3n) is 4.83. The minimum atomic E-state index is -0.717. The van der Waals surface area contributed by atoms with E-state index in [1.165, 1.54) is 6.92 Å². The van der Waals surface area contributed by atoms with Crippen molar-refractivity contribution < 1.29 is 23.7 Å². The molecule has 23 heavy (non-hydrogen) atoms. The lowest BCUT2D eigenvalue weighted by molar-refractivity contribution is -0.220. The molecular formula is C16H28N2O5. The Hall–Kier alpha value is -0.730. The Kier molecular flexibility index (Phi) is 4.44. The summed E-state index contributed by atoms with van der Waals surface area (Å²) in [6.07, 6.45) is 0.361. The van der Waals surface area contributed by atoms with Crippen molar-refractivity contribution in [3.63, 3.8) is 0 Å². The number of nitrogens with zero attached hydrogens (tertiary/aromatic N) is 1. The molecular weight excluding hydrogens is 300 g/mol. The van der Waals surface area contributed by atoms with Crippen LogP contribution in [-0.2, 0) is 23.7 Å². The molecule has 7 heteroatoms. The molecule has 2 N–H and O–H groups in total. The molecule has 3 heterocycles. The van der Waals surface area contributed by atoms with Crippen molar-refractivity contribution in [1.82, 2.24) is 4.90 Å². The van der Waals surface area contributed by atoms with Gasteiger partial charge >= 0.3 is 5.97 Å². The molecule has 0 bridgehead atoms. The topological polar surface area (TPSA) is 83.3 Å². The molecule has 0 aliphatic carbocycles. The molecule has 3 saturated heterocycles. The third-order valence-corrected chi connectivity index (χ3v) is 4.83. The first kappa shape index (κ1) is 17.1. The maximum absolute atomic E-state index is 11.5. The number of esters is 1. The molecule has 0 aromatic heterocycles. The van der Waals surface area contributed by atoms with E-state index < -0.39 is 18.2 Å². The van der Waals surface area contributed by atoms with Crippen LogP contribution in [-0.4, -0.2) is 66.4 Å². The number of nitrogens with two attached hydrogens (primary N) is 1. The van der Waals surface area contributed by atoms with Crippen LogP contribution in [0, 0.1) is 0 Å². The molecule has 132 valence electrons. The molecule has 0 aromatic carbocycles. The van der Waals surface area contributed by atoms with Crippen LogP contribution < -0.4 is 5.73 Å². The summed E-state index contributed by atoms with van der Waals surface area (Å²) in [6, 6.07) is 0. The number of carbonyl (C=O) groups is 1. The molecule has 3 aliphatic heterocycles. The zero-order valence-electron chi connectivity index (χ0n) is 14.4. The first-order chi connectivity index (χ1) is 10.7. The second kappa shape index (κ2) is 5.97. The minimum Gasteiger partial charge on any atom is -0.457 e. The van der Waals surface area contributed by atoms with E-state index in [4.69, 9.17) is 24.7 Å². The second-order valence-electron chi connectivity index (χ2n) is 7.67. The van der Waals surface area contributed by atoms with E-state index in [0.717, 1.165) is 25.9 Å². The Morgan fingerprint density at radius 2 is 1.91 bits per heavy atom. The fraction of sp³-hybridized carbons (Fsp3) is 0.938. The van der Waals surface area contributed by atoms with Gasteiger partial charge in [0.05, 0.1) is 0 Å². The lowest BCUT2D eigenvalue weighted by Crippen LogP contribution is -2.51. The normalized spacial score (nSPS) is 39.2. The fourth-order valence-electron chi connectivity index (χ4n) is 3.53. The summed E-state index contributed by atoms with van der Waals surface area (Å²) in [6.45, 7) is 9.69. The first-order valence-electron chi connectivity index (χ1n) is 8.35. The zero-order valence-corrected chi connectivity index (χ0v) is 14.4. The Morgan fingerprint density at radius 1 is 1.26 bits per heavy atom. The Morgan fingerprint density at radius 3 is 2.52 bits per heavy atom. The summed E-state index contributed by atoms with van der Waals surface area (Å²) in [7, 11) is 0. The van der Waals surface area contributed by atoms with Crippen molar-refractivity contribution in [2.75, 3.05) is 19.6 Å². The summed E-state index contributed by atoms with van der Waals surface area (Å²) in [5, 5.41) is 0. The summed E-state index contributed by atoms with van der Waals surface area (Å²) in [5.41, 5.74) is 6.09. The summed E-state index contributed by atoms with van der Waals surface area (Å²) >= 11 is 0. The van der Waals surface area contributed by atoms with E-state index in [-0.39, 0.29) is 23.7 Å². The average molecular weight is 328 g/mol. The molecule has 0 unspecified atom stereocenters. The molecule has 0 saturated carbocycles.